The van der Waals surface area contributed by atoms with Gasteiger partial charge in [-0.15, -0.1) is 0 Å². The monoisotopic (exact) mass is 283 g/mol. The third-order valence-corrected chi connectivity index (χ3v) is 3.95. The first-order valence-electron chi connectivity index (χ1n) is 6.87. The van der Waals surface area contributed by atoms with Crippen LogP contribution in [-0.4, -0.2) is 26.5 Å². The van der Waals surface area contributed by atoms with Crippen LogP contribution in [0, 0.1) is 12.3 Å². The molecule has 0 saturated heterocycles. The average Bonchev–Trinajstić information content (AvgIpc) is 2.76. The zero-order valence-corrected chi connectivity index (χ0v) is 12.3. The molecule has 0 amide bonds. The molecule has 0 saturated carbocycles. The molecular formula is C16H17N3O2. The Labute approximate surface area is 122 Å². The first-order chi connectivity index (χ1) is 9.95. The van der Waals surface area contributed by atoms with Crippen LogP contribution in [0.3, 0.4) is 0 Å². The number of hydrogen-bond donors (Lipinski definition) is 1. The molecule has 5 nitrogen and oxygen atoms in total. The van der Waals surface area contributed by atoms with Gasteiger partial charge in [-0.1, -0.05) is 37.2 Å². The van der Waals surface area contributed by atoms with Gasteiger partial charge in [0.1, 0.15) is 5.71 Å². The topological polar surface area (TPSA) is 67.5 Å². The summed E-state index contributed by atoms with van der Waals surface area (Å²) in [4.78, 5) is 12.6. The van der Waals surface area contributed by atoms with Gasteiger partial charge in [-0.25, -0.2) is 4.68 Å². The summed E-state index contributed by atoms with van der Waals surface area (Å²) in [5.41, 5.74) is 2.71. The predicted molar refractivity (Wildman–Crippen MR) is 79.3 cm³/mol. The van der Waals surface area contributed by atoms with Crippen molar-refractivity contribution in [2.24, 2.45) is 10.6 Å². The van der Waals surface area contributed by atoms with E-state index in [1.807, 2.05) is 55.8 Å². The van der Waals surface area contributed by atoms with E-state index in [1.54, 1.807) is 0 Å². The molecule has 21 heavy (non-hydrogen) atoms. The number of nitrogens with zero attached hydrogens (tertiary/aromatic N) is 3. The molecule has 1 N–H and O–H groups in total. The molecule has 0 unspecified atom stereocenters. The van der Waals surface area contributed by atoms with Crippen molar-refractivity contribution in [1.29, 1.82) is 0 Å². The number of rotatable bonds is 1. The molecule has 0 atom stereocenters. The molecular weight excluding hydrogens is 266 g/mol. The highest BCUT2D eigenvalue weighted by Gasteiger charge is 2.42. The van der Waals surface area contributed by atoms with E-state index in [1.165, 1.54) is 0 Å². The summed E-state index contributed by atoms with van der Waals surface area (Å²) in [5.74, 6) is -0.233. The Bertz CT molecular complexity index is 742. The summed E-state index contributed by atoms with van der Waals surface area (Å²) < 4.78 is 1.82. The van der Waals surface area contributed by atoms with Gasteiger partial charge in [0.2, 0.25) is 5.78 Å². The fourth-order valence-corrected chi connectivity index (χ4v) is 2.93. The largest absolute Gasteiger partial charge is 0.411 e. The minimum Gasteiger partial charge on any atom is -0.411 e. The number of aryl methyl sites for hydroxylation is 1. The lowest BCUT2D eigenvalue weighted by Crippen LogP contribution is -2.39. The van der Waals surface area contributed by atoms with E-state index in [0.29, 0.717) is 17.7 Å². The molecule has 108 valence electrons. The second-order valence-corrected chi connectivity index (χ2v) is 5.99. The minimum atomic E-state index is -0.516. The van der Waals surface area contributed by atoms with Crippen molar-refractivity contribution in [1.82, 2.24) is 9.78 Å². The number of Topliss-reactive ketones (excluding diaryl/α,β-unsaturated/α-hetero) is 1. The fourth-order valence-electron chi connectivity index (χ4n) is 2.93. The molecule has 0 aliphatic heterocycles. The summed E-state index contributed by atoms with van der Waals surface area (Å²) in [7, 11) is 0. The van der Waals surface area contributed by atoms with E-state index in [2.05, 4.69) is 10.3 Å². The molecule has 0 radical (unpaired) electrons. The van der Waals surface area contributed by atoms with Crippen molar-refractivity contribution in [3.8, 4) is 5.69 Å². The van der Waals surface area contributed by atoms with Crippen LogP contribution in [0.25, 0.3) is 5.69 Å². The van der Waals surface area contributed by atoms with Crippen LogP contribution in [0.1, 0.15) is 35.6 Å². The maximum atomic E-state index is 12.6. The molecule has 1 aliphatic rings. The van der Waals surface area contributed by atoms with Crippen molar-refractivity contribution in [2.75, 3.05) is 0 Å². The Morgan fingerprint density at radius 1 is 1.29 bits per heavy atom. The van der Waals surface area contributed by atoms with Crippen LogP contribution in [-0.2, 0) is 6.42 Å². The van der Waals surface area contributed by atoms with Gasteiger partial charge in [0.15, 0.2) is 0 Å². The average molecular weight is 283 g/mol. The van der Waals surface area contributed by atoms with Crippen LogP contribution < -0.4 is 0 Å². The molecule has 0 bridgehead atoms. The van der Waals surface area contributed by atoms with Crippen LogP contribution in [0.2, 0.25) is 0 Å². The maximum absolute atomic E-state index is 12.6. The van der Waals surface area contributed by atoms with Crippen LogP contribution in [0.5, 0.6) is 0 Å². The van der Waals surface area contributed by atoms with Crippen LogP contribution in [0.4, 0.5) is 0 Å². The molecule has 2 aromatic rings. The lowest BCUT2D eigenvalue weighted by atomic mass is 9.74. The Morgan fingerprint density at radius 3 is 2.57 bits per heavy atom. The molecule has 0 spiro atoms. The number of fused-ring (bicyclic) bond motifs is 1. The standard InChI is InChI=1S/C16H17N3O2/c1-10-13-12(9-16(2,3)15(18-21)14(13)20)19(17-10)11-7-5-4-6-8-11/h4-8,21H,9H2,1-3H3/b18-15+. The van der Waals surface area contributed by atoms with E-state index in [-0.39, 0.29) is 11.5 Å². The summed E-state index contributed by atoms with van der Waals surface area (Å²) in [6.45, 7) is 5.62. The normalized spacial score (nSPS) is 18.8. The first-order valence-corrected chi connectivity index (χ1v) is 6.87. The molecule has 3 rings (SSSR count). The molecule has 1 aromatic carbocycles. The number of benzene rings is 1. The third kappa shape index (κ3) is 1.96. The molecule has 1 aromatic heterocycles. The zero-order chi connectivity index (χ0) is 15.2. The smallest absolute Gasteiger partial charge is 0.214 e. The van der Waals surface area contributed by atoms with E-state index in [9.17, 15) is 10.0 Å². The lowest BCUT2D eigenvalue weighted by Gasteiger charge is -2.29. The SMILES string of the molecule is Cc1nn(-c2ccccc2)c2c1C(=O)/C(=N\O)C(C)(C)C2. The van der Waals surface area contributed by atoms with E-state index in [0.717, 1.165) is 11.4 Å². The van der Waals surface area contributed by atoms with Gasteiger partial charge in [0, 0.05) is 11.8 Å². The van der Waals surface area contributed by atoms with Crippen molar-refractivity contribution < 1.29 is 10.0 Å². The quantitative estimate of drug-likeness (QED) is 0.646. The molecule has 0 fully saturated rings. The van der Waals surface area contributed by atoms with Crippen molar-refractivity contribution >= 4 is 11.5 Å². The molecule has 1 heterocycles. The Balaban J connectivity index is 2.24. The lowest BCUT2D eigenvalue weighted by molar-refractivity contribution is 0.104. The second kappa shape index (κ2) is 4.55. The Kier molecular flexibility index (Phi) is 2.93. The molecule has 1 aliphatic carbocycles. The Hall–Kier alpha value is -2.43. The van der Waals surface area contributed by atoms with E-state index in [4.69, 9.17) is 0 Å². The number of hydrogen-bond acceptors (Lipinski definition) is 4. The van der Waals surface area contributed by atoms with Gasteiger partial charge < -0.3 is 5.21 Å². The number of aromatic nitrogens is 2. The van der Waals surface area contributed by atoms with E-state index < -0.39 is 5.41 Å². The highest BCUT2D eigenvalue weighted by atomic mass is 16.4. The van der Waals surface area contributed by atoms with Gasteiger partial charge in [-0.2, -0.15) is 5.10 Å². The van der Waals surface area contributed by atoms with Gasteiger partial charge >= 0.3 is 0 Å². The van der Waals surface area contributed by atoms with Crippen LogP contribution in [0.15, 0.2) is 35.5 Å². The fraction of sp³-hybridized carbons (Fsp3) is 0.312. The number of carbonyl (C=O) groups is 1. The van der Waals surface area contributed by atoms with Crippen molar-refractivity contribution in [3.05, 3.63) is 47.3 Å². The summed E-state index contributed by atoms with van der Waals surface area (Å²) in [6, 6.07) is 9.74. The second-order valence-electron chi connectivity index (χ2n) is 5.99. The zero-order valence-electron chi connectivity index (χ0n) is 12.3. The number of oxime groups is 1. The van der Waals surface area contributed by atoms with Crippen molar-refractivity contribution in [2.45, 2.75) is 27.2 Å². The van der Waals surface area contributed by atoms with Crippen LogP contribution >= 0.6 is 0 Å². The predicted octanol–water partition coefficient (Wildman–Crippen LogP) is 2.78. The first kappa shape index (κ1) is 13.5. The number of carbonyl (C=O) groups excluding carboxylic acids is 1. The summed E-state index contributed by atoms with van der Waals surface area (Å²) in [6.07, 6.45) is 0.600. The third-order valence-electron chi connectivity index (χ3n) is 3.95. The maximum Gasteiger partial charge on any atom is 0.214 e. The number of ketones is 1. The van der Waals surface area contributed by atoms with Crippen molar-refractivity contribution in [3.63, 3.8) is 0 Å². The highest BCUT2D eigenvalue weighted by Crippen LogP contribution is 2.35. The summed E-state index contributed by atoms with van der Waals surface area (Å²) >= 11 is 0. The van der Waals surface area contributed by atoms with Gasteiger partial charge in [-0.05, 0) is 19.1 Å². The highest BCUT2D eigenvalue weighted by molar-refractivity contribution is 6.48. The minimum absolute atomic E-state index is 0.200. The molecule has 5 heteroatoms. The number of para-hydroxylation sites is 1. The van der Waals surface area contributed by atoms with E-state index >= 15 is 0 Å². The summed E-state index contributed by atoms with van der Waals surface area (Å²) in [5, 5.41) is 16.9. The van der Waals surface area contributed by atoms with Gasteiger partial charge in [0.25, 0.3) is 0 Å². The van der Waals surface area contributed by atoms with Gasteiger partial charge in [-0.3, -0.25) is 4.79 Å². The Morgan fingerprint density at radius 2 is 1.95 bits per heavy atom. The van der Waals surface area contributed by atoms with Gasteiger partial charge in [0.05, 0.1) is 22.6 Å².